The lowest BCUT2D eigenvalue weighted by molar-refractivity contribution is -0.131. The number of likely N-dealkylation sites (tertiary alicyclic amines) is 1. The molecule has 112 valence electrons. The van der Waals surface area contributed by atoms with Crippen LogP contribution in [-0.4, -0.2) is 37.5 Å². The van der Waals surface area contributed by atoms with Crippen LogP contribution in [0.2, 0.25) is 0 Å². The molecule has 1 aliphatic heterocycles. The van der Waals surface area contributed by atoms with Gasteiger partial charge in [-0.15, -0.1) is 0 Å². The van der Waals surface area contributed by atoms with Crippen molar-refractivity contribution in [1.29, 1.82) is 0 Å². The number of hydrogen-bond acceptors (Lipinski definition) is 3. The van der Waals surface area contributed by atoms with E-state index >= 15 is 0 Å². The highest BCUT2D eigenvalue weighted by molar-refractivity contribution is 5.83. The second-order valence-corrected chi connectivity index (χ2v) is 5.69. The number of nitrogens with zero attached hydrogens (tertiary/aromatic N) is 3. The summed E-state index contributed by atoms with van der Waals surface area (Å²) < 4.78 is 0. The summed E-state index contributed by atoms with van der Waals surface area (Å²) in [6, 6.07) is 6.06. The molecule has 0 bridgehead atoms. The molecule has 1 fully saturated rings. The first-order valence-corrected chi connectivity index (χ1v) is 7.52. The van der Waals surface area contributed by atoms with E-state index < -0.39 is 0 Å². The van der Waals surface area contributed by atoms with Crippen LogP contribution in [0, 0.1) is 0 Å². The standard InChI is InChI=1S/C16H17N5O/c22-15(9-11-3-4-13-12(8-11)10-19-20-13)21-7-1-2-14(21)16-17-5-6-18-16/h3-6,8,10,14H,1-2,7,9H2,(H,17,18)(H,19,20). The molecule has 4 rings (SSSR count). The monoisotopic (exact) mass is 295 g/mol. The van der Waals surface area contributed by atoms with Gasteiger partial charge in [-0.2, -0.15) is 5.10 Å². The van der Waals surface area contributed by atoms with Gasteiger partial charge in [0.15, 0.2) is 0 Å². The lowest BCUT2D eigenvalue weighted by Crippen LogP contribution is -2.32. The SMILES string of the molecule is O=C(Cc1ccc2[nH]ncc2c1)N1CCCC1c1ncc[nH]1. The number of H-pyrrole nitrogens is 2. The van der Waals surface area contributed by atoms with Crippen molar-refractivity contribution in [2.24, 2.45) is 0 Å². The number of amides is 1. The third-order valence-electron chi connectivity index (χ3n) is 4.27. The van der Waals surface area contributed by atoms with E-state index in [1.54, 1.807) is 12.4 Å². The highest BCUT2D eigenvalue weighted by Gasteiger charge is 2.31. The fourth-order valence-electron chi connectivity index (χ4n) is 3.19. The maximum Gasteiger partial charge on any atom is 0.227 e. The second kappa shape index (κ2) is 5.29. The van der Waals surface area contributed by atoms with E-state index in [1.807, 2.05) is 29.3 Å². The van der Waals surface area contributed by atoms with Crippen LogP contribution in [0.25, 0.3) is 10.9 Å². The number of aromatic amines is 2. The Morgan fingerprint density at radius 2 is 2.36 bits per heavy atom. The molecule has 0 aliphatic carbocycles. The van der Waals surface area contributed by atoms with Crippen LogP contribution in [0.3, 0.4) is 0 Å². The molecule has 6 heteroatoms. The highest BCUT2D eigenvalue weighted by atomic mass is 16.2. The van der Waals surface area contributed by atoms with Gasteiger partial charge in [0.2, 0.25) is 5.91 Å². The molecular formula is C16H17N5O. The zero-order valence-corrected chi connectivity index (χ0v) is 12.1. The third kappa shape index (κ3) is 2.26. The van der Waals surface area contributed by atoms with Crippen LogP contribution >= 0.6 is 0 Å². The zero-order chi connectivity index (χ0) is 14.9. The number of carbonyl (C=O) groups is 1. The lowest BCUT2D eigenvalue weighted by atomic mass is 10.1. The molecule has 6 nitrogen and oxygen atoms in total. The maximum atomic E-state index is 12.7. The summed E-state index contributed by atoms with van der Waals surface area (Å²) in [7, 11) is 0. The summed E-state index contributed by atoms with van der Waals surface area (Å²) in [6.07, 6.45) is 7.74. The van der Waals surface area contributed by atoms with E-state index in [-0.39, 0.29) is 11.9 Å². The van der Waals surface area contributed by atoms with Gasteiger partial charge in [0.1, 0.15) is 5.82 Å². The third-order valence-corrected chi connectivity index (χ3v) is 4.27. The fraction of sp³-hybridized carbons (Fsp3) is 0.312. The van der Waals surface area contributed by atoms with Crippen LogP contribution in [0.5, 0.6) is 0 Å². The molecule has 3 aromatic rings. The topological polar surface area (TPSA) is 77.7 Å². The summed E-state index contributed by atoms with van der Waals surface area (Å²) in [5.74, 6) is 1.04. The molecule has 1 unspecified atom stereocenters. The van der Waals surface area contributed by atoms with E-state index in [0.29, 0.717) is 6.42 Å². The van der Waals surface area contributed by atoms with Crippen molar-refractivity contribution < 1.29 is 4.79 Å². The van der Waals surface area contributed by atoms with E-state index in [0.717, 1.165) is 41.7 Å². The van der Waals surface area contributed by atoms with Crippen molar-refractivity contribution in [3.05, 3.63) is 48.2 Å². The van der Waals surface area contributed by atoms with Gasteiger partial charge in [-0.3, -0.25) is 9.89 Å². The Balaban J connectivity index is 1.53. The number of hydrogen-bond donors (Lipinski definition) is 2. The van der Waals surface area contributed by atoms with Crippen LogP contribution in [0.15, 0.2) is 36.8 Å². The molecule has 0 saturated carbocycles. The summed E-state index contributed by atoms with van der Waals surface area (Å²) >= 11 is 0. The minimum Gasteiger partial charge on any atom is -0.347 e. The quantitative estimate of drug-likeness (QED) is 0.777. The van der Waals surface area contributed by atoms with E-state index in [1.165, 1.54) is 0 Å². The van der Waals surface area contributed by atoms with Crippen molar-refractivity contribution >= 4 is 16.8 Å². The average molecular weight is 295 g/mol. The van der Waals surface area contributed by atoms with Gasteiger partial charge in [0.25, 0.3) is 0 Å². The molecule has 1 atom stereocenters. The molecule has 2 N–H and O–H groups in total. The van der Waals surface area contributed by atoms with Gasteiger partial charge in [-0.25, -0.2) is 4.98 Å². The van der Waals surface area contributed by atoms with Crippen LogP contribution in [-0.2, 0) is 11.2 Å². The number of nitrogens with one attached hydrogen (secondary N) is 2. The first-order chi connectivity index (χ1) is 10.8. The first-order valence-electron chi connectivity index (χ1n) is 7.52. The number of rotatable bonds is 3. The second-order valence-electron chi connectivity index (χ2n) is 5.69. The van der Waals surface area contributed by atoms with Crippen LogP contribution in [0.1, 0.15) is 30.3 Å². The Kier molecular flexibility index (Phi) is 3.14. The molecule has 1 amide bonds. The number of aromatic nitrogens is 4. The number of imidazole rings is 1. The smallest absolute Gasteiger partial charge is 0.227 e. The minimum atomic E-state index is 0.0835. The molecule has 2 aromatic heterocycles. The predicted octanol–water partition coefficient (Wildman–Crippen LogP) is 2.19. The van der Waals surface area contributed by atoms with Crippen LogP contribution in [0.4, 0.5) is 0 Å². The van der Waals surface area contributed by atoms with Gasteiger partial charge in [-0.05, 0) is 30.5 Å². The fourth-order valence-corrected chi connectivity index (χ4v) is 3.19. The molecule has 3 heterocycles. The molecule has 1 saturated heterocycles. The molecule has 22 heavy (non-hydrogen) atoms. The van der Waals surface area contributed by atoms with Crippen molar-refractivity contribution in [3.63, 3.8) is 0 Å². The number of fused-ring (bicyclic) bond motifs is 1. The summed E-state index contributed by atoms with van der Waals surface area (Å²) in [5, 5.41) is 7.97. The van der Waals surface area contributed by atoms with Gasteiger partial charge < -0.3 is 9.88 Å². The Hall–Kier alpha value is -2.63. The number of benzene rings is 1. The summed E-state index contributed by atoms with van der Waals surface area (Å²) in [5.41, 5.74) is 2.01. The zero-order valence-electron chi connectivity index (χ0n) is 12.1. The van der Waals surface area contributed by atoms with Gasteiger partial charge in [0, 0.05) is 24.3 Å². The van der Waals surface area contributed by atoms with Crippen LogP contribution < -0.4 is 0 Å². The maximum absolute atomic E-state index is 12.7. The van der Waals surface area contributed by atoms with E-state index in [2.05, 4.69) is 20.2 Å². The average Bonchev–Trinajstić information content (AvgIpc) is 3.26. The predicted molar refractivity (Wildman–Crippen MR) is 82.1 cm³/mol. The summed E-state index contributed by atoms with van der Waals surface area (Å²) in [6.45, 7) is 0.804. The Morgan fingerprint density at radius 3 is 3.23 bits per heavy atom. The van der Waals surface area contributed by atoms with E-state index in [9.17, 15) is 4.79 Å². The molecule has 0 radical (unpaired) electrons. The Bertz CT molecular complexity index is 792. The van der Waals surface area contributed by atoms with Crippen molar-refractivity contribution in [2.45, 2.75) is 25.3 Å². The molecule has 0 spiro atoms. The Labute approximate surface area is 127 Å². The molecular weight excluding hydrogens is 278 g/mol. The molecule has 1 aliphatic rings. The normalized spacial score (nSPS) is 18.2. The lowest BCUT2D eigenvalue weighted by Gasteiger charge is -2.23. The van der Waals surface area contributed by atoms with Crippen molar-refractivity contribution in [1.82, 2.24) is 25.1 Å². The van der Waals surface area contributed by atoms with Crippen molar-refractivity contribution in [2.75, 3.05) is 6.54 Å². The van der Waals surface area contributed by atoms with E-state index in [4.69, 9.17) is 0 Å². The Morgan fingerprint density at radius 1 is 1.41 bits per heavy atom. The van der Waals surface area contributed by atoms with Crippen molar-refractivity contribution in [3.8, 4) is 0 Å². The van der Waals surface area contributed by atoms with Gasteiger partial charge in [0.05, 0.1) is 24.2 Å². The largest absolute Gasteiger partial charge is 0.347 e. The van der Waals surface area contributed by atoms with Gasteiger partial charge in [-0.1, -0.05) is 6.07 Å². The molecule has 1 aromatic carbocycles. The minimum absolute atomic E-state index is 0.0835. The number of carbonyl (C=O) groups excluding carboxylic acids is 1. The summed E-state index contributed by atoms with van der Waals surface area (Å²) in [4.78, 5) is 22.0. The van der Waals surface area contributed by atoms with Gasteiger partial charge >= 0.3 is 0 Å². The highest BCUT2D eigenvalue weighted by Crippen LogP contribution is 2.30. The first kappa shape index (κ1) is 13.1.